The Morgan fingerprint density at radius 3 is 3.25 bits per heavy atom. The highest BCUT2D eigenvalue weighted by Gasteiger charge is 2.33. The number of pyridine rings is 1. The number of hydrazine groups is 1. The lowest BCUT2D eigenvalue weighted by atomic mass is 9.94. The Labute approximate surface area is 122 Å². The molecule has 1 aliphatic rings. The van der Waals surface area contributed by atoms with Gasteiger partial charge in [0.25, 0.3) is 0 Å². The average Bonchev–Trinajstić information content (AvgIpc) is 3.09. The van der Waals surface area contributed by atoms with E-state index in [0.29, 0.717) is 5.92 Å². The van der Waals surface area contributed by atoms with Crippen LogP contribution in [0.4, 0.5) is 0 Å². The van der Waals surface area contributed by atoms with E-state index in [1.807, 2.05) is 12.3 Å². The van der Waals surface area contributed by atoms with Crippen molar-refractivity contribution >= 4 is 11.5 Å². The first kappa shape index (κ1) is 13.6. The molecule has 0 aromatic carbocycles. The Bertz CT molecular complexity index is 582. The summed E-state index contributed by atoms with van der Waals surface area (Å²) in [6.45, 7) is 2.15. The molecule has 106 valence electrons. The van der Waals surface area contributed by atoms with E-state index in [4.69, 9.17) is 5.84 Å². The third-order valence-corrected chi connectivity index (χ3v) is 4.79. The summed E-state index contributed by atoms with van der Waals surface area (Å²) in [6, 6.07) is 4.23. The second kappa shape index (κ2) is 5.95. The van der Waals surface area contributed by atoms with Crippen LogP contribution >= 0.6 is 11.5 Å². The van der Waals surface area contributed by atoms with Crippen LogP contribution in [-0.4, -0.2) is 14.6 Å². The number of nitrogens with two attached hydrogens (primary N) is 1. The highest BCUT2D eigenvalue weighted by molar-refractivity contribution is 7.05. The van der Waals surface area contributed by atoms with Crippen molar-refractivity contribution in [3.63, 3.8) is 0 Å². The van der Waals surface area contributed by atoms with Gasteiger partial charge in [0, 0.05) is 17.8 Å². The van der Waals surface area contributed by atoms with Gasteiger partial charge in [0.15, 0.2) is 0 Å². The minimum absolute atomic E-state index is 0.0627. The molecule has 0 saturated carbocycles. The molecule has 3 rings (SSSR count). The summed E-state index contributed by atoms with van der Waals surface area (Å²) in [5.74, 6) is 6.15. The van der Waals surface area contributed by atoms with Crippen molar-refractivity contribution in [3.8, 4) is 0 Å². The van der Waals surface area contributed by atoms with Crippen molar-refractivity contribution in [1.29, 1.82) is 0 Å². The van der Waals surface area contributed by atoms with Crippen LogP contribution in [0.15, 0.2) is 18.3 Å². The van der Waals surface area contributed by atoms with Crippen molar-refractivity contribution in [2.75, 3.05) is 0 Å². The zero-order valence-electron chi connectivity index (χ0n) is 11.5. The van der Waals surface area contributed by atoms with Gasteiger partial charge in [-0.1, -0.05) is 23.9 Å². The molecule has 0 radical (unpaired) electrons. The number of nitrogens with one attached hydrogen (secondary N) is 1. The molecule has 0 aliphatic heterocycles. The van der Waals surface area contributed by atoms with Crippen LogP contribution in [0.5, 0.6) is 0 Å². The fourth-order valence-electron chi connectivity index (χ4n) is 3.00. The average molecular weight is 289 g/mol. The highest BCUT2D eigenvalue weighted by atomic mass is 32.1. The van der Waals surface area contributed by atoms with Crippen molar-refractivity contribution in [3.05, 3.63) is 40.2 Å². The number of hydrogen-bond acceptors (Lipinski definition) is 6. The van der Waals surface area contributed by atoms with E-state index in [0.717, 1.165) is 36.3 Å². The zero-order valence-corrected chi connectivity index (χ0v) is 12.4. The summed E-state index contributed by atoms with van der Waals surface area (Å²) >= 11 is 1.45. The number of aryl methyl sites for hydroxylation is 2. The fraction of sp³-hybridized carbons (Fsp3) is 0.500. The van der Waals surface area contributed by atoms with Crippen LogP contribution in [0.2, 0.25) is 0 Å². The van der Waals surface area contributed by atoms with E-state index in [1.165, 1.54) is 22.8 Å². The fourth-order valence-corrected chi connectivity index (χ4v) is 3.83. The molecule has 2 heterocycles. The van der Waals surface area contributed by atoms with Crippen LogP contribution in [0.3, 0.4) is 0 Å². The normalized spacial score (nSPS) is 19.0. The summed E-state index contributed by atoms with van der Waals surface area (Å²) in [5.41, 5.74) is 6.56. The Morgan fingerprint density at radius 2 is 2.45 bits per heavy atom. The molecule has 0 spiro atoms. The third-order valence-electron chi connectivity index (χ3n) is 3.94. The van der Waals surface area contributed by atoms with Gasteiger partial charge >= 0.3 is 0 Å². The van der Waals surface area contributed by atoms with Gasteiger partial charge in [-0.2, -0.15) is 0 Å². The number of hydrogen-bond donors (Lipinski definition) is 2. The molecule has 20 heavy (non-hydrogen) atoms. The van der Waals surface area contributed by atoms with Crippen LogP contribution in [0.1, 0.15) is 53.6 Å². The second-order valence-electron chi connectivity index (χ2n) is 5.17. The molecule has 2 aromatic rings. The number of aromatic nitrogens is 3. The Balaban J connectivity index is 1.93. The van der Waals surface area contributed by atoms with E-state index in [1.54, 1.807) is 0 Å². The van der Waals surface area contributed by atoms with Gasteiger partial charge in [-0.3, -0.25) is 16.3 Å². The van der Waals surface area contributed by atoms with Gasteiger partial charge in [-0.15, -0.1) is 5.10 Å². The largest absolute Gasteiger partial charge is 0.271 e. The van der Waals surface area contributed by atoms with Crippen LogP contribution in [-0.2, 0) is 12.8 Å². The lowest BCUT2D eigenvalue weighted by Gasteiger charge is -2.22. The molecule has 6 heteroatoms. The van der Waals surface area contributed by atoms with Gasteiger partial charge in [-0.25, -0.2) is 0 Å². The summed E-state index contributed by atoms with van der Waals surface area (Å²) in [5, 5.41) is 4.25. The van der Waals surface area contributed by atoms with Gasteiger partial charge in [-0.05, 0) is 42.4 Å². The van der Waals surface area contributed by atoms with Gasteiger partial charge in [0.2, 0.25) is 0 Å². The summed E-state index contributed by atoms with van der Waals surface area (Å²) in [4.78, 5) is 5.73. The van der Waals surface area contributed by atoms with Crippen molar-refractivity contribution in [1.82, 2.24) is 20.0 Å². The number of nitrogens with zero attached hydrogens (tertiary/aromatic N) is 3. The van der Waals surface area contributed by atoms with E-state index in [2.05, 4.69) is 33.0 Å². The molecule has 2 aromatic heterocycles. The van der Waals surface area contributed by atoms with E-state index in [-0.39, 0.29) is 6.04 Å². The smallest absolute Gasteiger partial charge is 0.0804 e. The predicted molar refractivity (Wildman–Crippen MR) is 79.3 cm³/mol. The van der Waals surface area contributed by atoms with E-state index in [9.17, 15) is 0 Å². The monoisotopic (exact) mass is 289 g/mol. The van der Waals surface area contributed by atoms with Gasteiger partial charge in [0.1, 0.15) is 0 Å². The van der Waals surface area contributed by atoms with Crippen molar-refractivity contribution in [2.24, 2.45) is 5.84 Å². The topological polar surface area (TPSA) is 76.7 Å². The SMILES string of the molecule is CCCc1nnsc1C(NN)C1CCc2cccnc21. The maximum atomic E-state index is 5.84. The van der Waals surface area contributed by atoms with Crippen LogP contribution < -0.4 is 11.3 Å². The minimum Gasteiger partial charge on any atom is -0.271 e. The first-order valence-electron chi connectivity index (χ1n) is 7.06. The summed E-state index contributed by atoms with van der Waals surface area (Å²) in [7, 11) is 0. The second-order valence-corrected chi connectivity index (χ2v) is 5.96. The van der Waals surface area contributed by atoms with Crippen molar-refractivity contribution in [2.45, 2.75) is 44.6 Å². The number of rotatable bonds is 5. The van der Waals surface area contributed by atoms with E-state index >= 15 is 0 Å². The van der Waals surface area contributed by atoms with Gasteiger partial charge in [0.05, 0.1) is 16.6 Å². The molecule has 5 nitrogen and oxygen atoms in total. The number of fused-ring (bicyclic) bond motifs is 1. The van der Waals surface area contributed by atoms with E-state index < -0.39 is 0 Å². The molecule has 0 amide bonds. The molecule has 0 fully saturated rings. The maximum absolute atomic E-state index is 5.84. The molecule has 2 atom stereocenters. The highest BCUT2D eigenvalue weighted by Crippen LogP contribution is 2.41. The molecule has 0 bridgehead atoms. The molecule has 1 aliphatic carbocycles. The third kappa shape index (κ3) is 2.34. The standard InChI is InChI=1S/C14H19N5S/c1-2-4-11-14(20-19-18-11)13(17-15)10-7-6-9-5-3-8-16-12(9)10/h3,5,8,10,13,17H,2,4,6-7,15H2,1H3. The Kier molecular flexibility index (Phi) is 4.05. The van der Waals surface area contributed by atoms with Gasteiger partial charge < -0.3 is 0 Å². The lowest BCUT2D eigenvalue weighted by molar-refractivity contribution is 0.449. The minimum atomic E-state index is 0.0627. The zero-order chi connectivity index (χ0) is 13.9. The molecular weight excluding hydrogens is 270 g/mol. The summed E-state index contributed by atoms with van der Waals surface area (Å²) in [6.07, 6.45) is 6.02. The molecule has 0 saturated heterocycles. The Hall–Kier alpha value is -1.37. The predicted octanol–water partition coefficient (Wildman–Crippen LogP) is 2.12. The Morgan fingerprint density at radius 1 is 1.55 bits per heavy atom. The lowest BCUT2D eigenvalue weighted by Crippen LogP contribution is -2.32. The first-order valence-corrected chi connectivity index (χ1v) is 7.83. The quantitative estimate of drug-likeness (QED) is 0.651. The van der Waals surface area contributed by atoms with Crippen LogP contribution in [0.25, 0.3) is 0 Å². The van der Waals surface area contributed by atoms with Crippen molar-refractivity contribution < 1.29 is 0 Å². The molecule has 3 N–H and O–H groups in total. The molecular formula is C14H19N5S. The first-order chi connectivity index (χ1) is 9.85. The van der Waals surface area contributed by atoms with Crippen LogP contribution in [0, 0.1) is 0 Å². The summed E-state index contributed by atoms with van der Waals surface area (Å²) < 4.78 is 4.11. The molecule has 2 unspecified atom stereocenters. The maximum Gasteiger partial charge on any atom is 0.0804 e.